The lowest BCUT2D eigenvalue weighted by Gasteiger charge is -2.39. The zero-order chi connectivity index (χ0) is 30.4. The summed E-state index contributed by atoms with van der Waals surface area (Å²) in [5, 5.41) is 4.19. The molecule has 2 aliphatic rings. The maximum absolute atomic E-state index is 14.3. The molecule has 1 N–H and O–H groups in total. The zero-order valence-electron chi connectivity index (χ0n) is 26.4. The highest BCUT2D eigenvalue weighted by Gasteiger charge is 2.43. The van der Waals surface area contributed by atoms with E-state index in [0.717, 1.165) is 48.7 Å². The van der Waals surface area contributed by atoms with E-state index in [1.807, 2.05) is 37.8 Å². The molecule has 0 unspecified atom stereocenters. The van der Waals surface area contributed by atoms with Crippen LogP contribution in [-0.4, -0.2) is 77.3 Å². The van der Waals surface area contributed by atoms with Gasteiger partial charge >= 0.3 is 6.09 Å². The number of ether oxygens (including phenoxy) is 2. The Morgan fingerprint density at radius 3 is 2.48 bits per heavy atom. The molecule has 0 radical (unpaired) electrons. The van der Waals surface area contributed by atoms with Crippen LogP contribution in [0.5, 0.6) is 0 Å². The summed E-state index contributed by atoms with van der Waals surface area (Å²) in [4.78, 5) is 44.2. The Morgan fingerprint density at radius 2 is 1.81 bits per heavy atom. The van der Waals surface area contributed by atoms with E-state index in [4.69, 9.17) is 9.47 Å². The van der Waals surface area contributed by atoms with Crippen LogP contribution in [0, 0.1) is 17.8 Å². The van der Waals surface area contributed by atoms with Gasteiger partial charge in [0.05, 0.1) is 11.8 Å². The number of fused-ring (bicyclic) bond motifs is 1. The smallest absolute Gasteiger partial charge is 0.410 e. The number of benzene rings is 1. The molecule has 1 aliphatic heterocycles. The summed E-state index contributed by atoms with van der Waals surface area (Å²) in [6, 6.07) is 8.51. The molecule has 2 aromatic rings. The molecular formula is C33H50N4O5. The van der Waals surface area contributed by atoms with Gasteiger partial charge in [0.25, 0.3) is 0 Å². The van der Waals surface area contributed by atoms with Crippen molar-refractivity contribution in [3.05, 3.63) is 36.0 Å². The Bertz CT molecular complexity index is 1230. The largest absolute Gasteiger partial charge is 0.444 e. The van der Waals surface area contributed by atoms with E-state index in [0.29, 0.717) is 32.0 Å². The lowest BCUT2D eigenvalue weighted by molar-refractivity contribution is -0.140. The molecule has 0 spiro atoms. The number of carbonyl (C=O) groups excluding carboxylic acids is 3. The van der Waals surface area contributed by atoms with Gasteiger partial charge in [0, 0.05) is 69.6 Å². The van der Waals surface area contributed by atoms with Crippen LogP contribution in [0.4, 0.5) is 4.79 Å². The van der Waals surface area contributed by atoms with Gasteiger partial charge in [-0.2, -0.15) is 0 Å². The van der Waals surface area contributed by atoms with Crippen molar-refractivity contribution in [3.8, 4) is 0 Å². The van der Waals surface area contributed by atoms with E-state index in [1.165, 1.54) is 0 Å². The zero-order valence-corrected chi connectivity index (χ0v) is 26.4. The summed E-state index contributed by atoms with van der Waals surface area (Å²) < 4.78 is 13.2. The number of rotatable bonds is 12. The first-order valence-electron chi connectivity index (χ1n) is 15.6. The summed E-state index contributed by atoms with van der Waals surface area (Å²) in [6.45, 7) is 12.9. The van der Waals surface area contributed by atoms with Crippen LogP contribution in [-0.2, 0) is 32.2 Å². The van der Waals surface area contributed by atoms with Gasteiger partial charge in [0.15, 0.2) is 0 Å². The lowest BCUT2D eigenvalue weighted by atomic mass is 9.87. The summed E-state index contributed by atoms with van der Waals surface area (Å²) >= 11 is 0. The first-order chi connectivity index (χ1) is 20.0. The van der Waals surface area contributed by atoms with Crippen molar-refractivity contribution in [1.29, 1.82) is 0 Å². The number of nitrogens with zero attached hydrogens (tertiary/aromatic N) is 3. The summed E-state index contributed by atoms with van der Waals surface area (Å²) in [5.41, 5.74) is 1.60. The monoisotopic (exact) mass is 582 g/mol. The summed E-state index contributed by atoms with van der Waals surface area (Å²) in [5.74, 6) is -0.540. The van der Waals surface area contributed by atoms with Gasteiger partial charge in [0.1, 0.15) is 5.60 Å². The molecule has 1 aliphatic carbocycles. The van der Waals surface area contributed by atoms with Crippen LogP contribution in [0.15, 0.2) is 30.5 Å². The Morgan fingerprint density at radius 1 is 1.10 bits per heavy atom. The number of aromatic nitrogens is 1. The van der Waals surface area contributed by atoms with Crippen molar-refractivity contribution >= 4 is 28.8 Å². The maximum Gasteiger partial charge on any atom is 0.410 e. The van der Waals surface area contributed by atoms with Gasteiger partial charge in [-0.05, 0) is 70.4 Å². The Balaban J connectivity index is 1.55. The second kappa shape index (κ2) is 13.9. The predicted molar refractivity (Wildman–Crippen MR) is 164 cm³/mol. The Kier molecular flexibility index (Phi) is 10.6. The fraction of sp³-hybridized carbons (Fsp3) is 0.667. The molecule has 232 valence electrons. The van der Waals surface area contributed by atoms with E-state index >= 15 is 0 Å². The SMILES string of the molecule is COCCCn1cc(CN(C(=O)[C@H]2C[C@H](C(=O)NCCC(C)C)CN(C(=O)OC(C)(C)C)C2)C2CC2)c2ccccc21. The molecule has 2 fully saturated rings. The Labute approximate surface area is 250 Å². The van der Waals surface area contributed by atoms with Gasteiger partial charge in [0.2, 0.25) is 11.8 Å². The van der Waals surface area contributed by atoms with E-state index in [1.54, 1.807) is 12.0 Å². The molecule has 1 aromatic heterocycles. The number of likely N-dealkylation sites (tertiary alicyclic amines) is 1. The number of hydrogen-bond donors (Lipinski definition) is 1. The van der Waals surface area contributed by atoms with Crippen molar-refractivity contribution in [3.63, 3.8) is 0 Å². The molecule has 3 amide bonds. The van der Waals surface area contributed by atoms with Gasteiger partial charge in [-0.3, -0.25) is 9.59 Å². The van der Waals surface area contributed by atoms with Gasteiger partial charge in [-0.25, -0.2) is 4.79 Å². The van der Waals surface area contributed by atoms with Crippen LogP contribution in [0.3, 0.4) is 0 Å². The minimum absolute atomic E-state index is 0.0157. The highest BCUT2D eigenvalue weighted by molar-refractivity contribution is 5.87. The number of piperidine rings is 1. The van der Waals surface area contributed by atoms with Crippen molar-refractivity contribution in [2.45, 2.75) is 91.5 Å². The third kappa shape index (κ3) is 8.49. The predicted octanol–water partition coefficient (Wildman–Crippen LogP) is 5.20. The number of nitrogens with one attached hydrogen (secondary N) is 1. The quantitative estimate of drug-likeness (QED) is 0.347. The number of aryl methyl sites for hydroxylation is 1. The standard InChI is InChI=1S/C33H50N4O5/c1-23(2)14-15-34-30(38)24-18-25(20-36(19-24)32(40)42-33(3,4)5)31(39)37(27-12-13-27)22-26-21-35(16-9-17-41-6)29-11-8-7-10-28(26)29/h7-8,10-11,21,23-25,27H,9,12-20,22H2,1-6H3,(H,34,38)/t24-,25-/m0/s1. The molecule has 2 heterocycles. The summed E-state index contributed by atoms with van der Waals surface area (Å²) in [7, 11) is 1.72. The molecule has 1 aromatic carbocycles. The van der Waals surface area contributed by atoms with E-state index < -0.39 is 23.5 Å². The van der Waals surface area contributed by atoms with Crippen molar-refractivity contribution in [1.82, 2.24) is 19.7 Å². The average molecular weight is 583 g/mol. The van der Waals surface area contributed by atoms with Gasteiger partial charge in [-0.15, -0.1) is 0 Å². The van der Waals surface area contributed by atoms with Crippen molar-refractivity contribution < 1.29 is 23.9 Å². The Hall–Kier alpha value is -3.07. The van der Waals surface area contributed by atoms with Crippen LogP contribution >= 0.6 is 0 Å². The molecule has 0 bridgehead atoms. The van der Waals surface area contributed by atoms with Crippen molar-refractivity contribution in [2.75, 3.05) is 33.4 Å². The molecule has 1 saturated carbocycles. The fourth-order valence-corrected chi connectivity index (χ4v) is 5.78. The van der Waals surface area contributed by atoms with E-state index in [2.05, 4.69) is 42.1 Å². The van der Waals surface area contributed by atoms with Crippen molar-refractivity contribution in [2.24, 2.45) is 17.8 Å². The van der Waals surface area contributed by atoms with Gasteiger partial charge in [-0.1, -0.05) is 32.0 Å². The lowest BCUT2D eigenvalue weighted by Crippen LogP contribution is -2.53. The normalized spacial score (nSPS) is 19.3. The molecule has 1 saturated heterocycles. The number of hydrogen-bond acceptors (Lipinski definition) is 5. The molecule has 4 rings (SSSR count). The number of methoxy groups -OCH3 is 1. The molecule has 42 heavy (non-hydrogen) atoms. The average Bonchev–Trinajstić information content (AvgIpc) is 3.72. The van der Waals surface area contributed by atoms with Crippen LogP contribution < -0.4 is 5.32 Å². The third-order valence-corrected chi connectivity index (χ3v) is 8.07. The highest BCUT2D eigenvalue weighted by Crippen LogP contribution is 2.34. The molecular weight excluding hydrogens is 532 g/mol. The minimum atomic E-state index is -0.666. The second-order valence-electron chi connectivity index (χ2n) is 13.4. The molecule has 2 atom stereocenters. The number of amides is 3. The highest BCUT2D eigenvalue weighted by atomic mass is 16.6. The molecule has 9 heteroatoms. The van der Waals surface area contributed by atoms with Crippen LogP contribution in [0.2, 0.25) is 0 Å². The number of para-hydroxylation sites is 1. The minimum Gasteiger partial charge on any atom is -0.444 e. The topological polar surface area (TPSA) is 93.1 Å². The molecule has 9 nitrogen and oxygen atoms in total. The first-order valence-corrected chi connectivity index (χ1v) is 15.6. The number of carbonyl (C=O) groups is 3. The van der Waals surface area contributed by atoms with E-state index in [-0.39, 0.29) is 30.9 Å². The van der Waals surface area contributed by atoms with E-state index in [9.17, 15) is 14.4 Å². The van der Waals surface area contributed by atoms with Crippen LogP contribution in [0.1, 0.15) is 72.3 Å². The first kappa shape index (κ1) is 31.9. The fourth-order valence-electron chi connectivity index (χ4n) is 5.78. The third-order valence-electron chi connectivity index (χ3n) is 8.07. The van der Waals surface area contributed by atoms with Gasteiger partial charge < -0.3 is 29.2 Å². The van der Waals surface area contributed by atoms with Crippen LogP contribution in [0.25, 0.3) is 10.9 Å². The maximum atomic E-state index is 14.3. The summed E-state index contributed by atoms with van der Waals surface area (Å²) in [6.07, 6.45) is 5.85. The second-order valence-corrected chi connectivity index (χ2v) is 13.4.